The number of carboxylic acid groups (broad SMARTS) is 1. The lowest BCUT2D eigenvalue weighted by Gasteiger charge is -2.31. The van der Waals surface area contributed by atoms with Crippen molar-refractivity contribution in [3.05, 3.63) is 0 Å². The van der Waals surface area contributed by atoms with Crippen molar-refractivity contribution in [2.75, 3.05) is 7.05 Å². The van der Waals surface area contributed by atoms with Crippen LogP contribution in [0, 0.1) is 5.92 Å². The number of carboxylic acids is 1. The Morgan fingerprint density at radius 2 is 1.93 bits per heavy atom. The molecule has 0 aromatic rings. The second-order valence-electron chi connectivity index (χ2n) is 4.46. The molecule has 4 nitrogen and oxygen atoms in total. The molecule has 0 aromatic carbocycles. The minimum atomic E-state index is -1.11. The van der Waals surface area contributed by atoms with Gasteiger partial charge in [0.15, 0.2) is 0 Å². The van der Waals surface area contributed by atoms with Gasteiger partial charge in [-0.05, 0) is 32.6 Å². The van der Waals surface area contributed by atoms with Gasteiger partial charge in [0.25, 0.3) is 0 Å². The summed E-state index contributed by atoms with van der Waals surface area (Å²) in [6, 6.07) is 0. The van der Waals surface area contributed by atoms with Crippen LogP contribution in [-0.4, -0.2) is 34.5 Å². The molecule has 1 saturated carbocycles. The minimum Gasteiger partial charge on any atom is -0.480 e. The van der Waals surface area contributed by atoms with Crippen LogP contribution in [0.3, 0.4) is 0 Å². The zero-order valence-electron chi connectivity index (χ0n) is 8.91. The van der Waals surface area contributed by atoms with Crippen LogP contribution in [0.2, 0.25) is 0 Å². The van der Waals surface area contributed by atoms with Crippen molar-refractivity contribution in [3.63, 3.8) is 0 Å². The van der Waals surface area contributed by atoms with E-state index in [1.54, 1.807) is 20.9 Å². The third-order valence-electron chi connectivity index (χ3n) is 2.90. The molecule has 0 radical (unpaired) electrons. The van der Waals surface area contributed by atoms with E-state index in [-0.39, 0.29) is 5.91 Å². The predicted octanol–water partition coefficient (Wildman–Crippen LogP) is 1.11. The molecule has 0 bridgehead atoms. The van der Waals surface area contributed by atoms with Crippen molar-refractivity contribution in [3.8, 4) is 0 Å². The van der Waals surface area contributed by atoms with E-state index in [0.717, 1.165) is 12.8 Å². The number of aliphatic carboxylic acids is 1. The molecular weight excluding hydrogens is 182 g/mol. The lowest BCUT2D eigenvalue weighted by atomic mass is 10.0. The molecule has 0 heterocycles. The fourth-order valence-electron chi connectivity index (χ4n) is 1.16. The highest BCUT2D eigenvalue weighted by molar-refractivity contribution is 5.86. The number of nitrogens with zero attached hydrogens (tertiary/aromatic N) is 1. The molecule has 0 aromatic heterocycles. The van der Waals surface area contributed by atoms with Crippen LogP contribution >= 0.6 is 0 Å². The highest BCUT2D eigenvalue weighted by Crippen LogP contribution is 2.33. The number of rotatable bonds is 4. The summed E-state index contributed by atoms with van der Waals surface area (Å²) in [6.07, 6.45) is 2.70. The van der Waals surface area contributed by atoms with Crippen molar-refractivity contribution in [2.24, 2.45) is 5.92 Å². The maximum Gasteiger partial charge on any atom is 0.329 e. The molecule has 0 unspecified atom stereocenters. The third-order valence-corrected chi connectivity index (χ3v) is 2.90. The van der Waals surface area contributed by atoms with Crippen molar-refractivity contribution in [2.45, 2.75) is 38.6 Å². The highest BCUT2D eigenvalue weighted by Gasteiger charge is 2.36. The van der Waals surface area contributed by atoms with Crippen LogP contribution in [0.1, 0.15) is 33.1 Å². The van der Waals surface area contributed by atoms with Gasteiger partial charge in [0.1, 0.15) is 5.54 Å². The van der Waals surface area contributed by atoms with E-state index in [4.69, 9.17) is 5.11 Å². The lowest BCUT2D eigenvalue weighted by Crippen LogP contribution is -2.50. The second-order valence-corrected chi connectivity index (χ2v) is 4.46. The van der Waals surface area contributed by atoms with E-state index in [1.807, 2.05) is 0 Å². The van der Waals surface area contributed by atoms with Gasteiger partial charge in [-0.3, -0.25) is 4.79 Å². The van der Waals surface area contributed by atoms with Crippen molar-refractivity contribution in [1.29, 1.82) is 0 Å². The molecule has 1 N–H and O–H groups in total. The largest absolute Gasteiger partial charge is 0.480 e. The Labute approximate surface area is 83.9 Å². The first-order valence-corrected chi connectivity index (χ1v) is 4.85. The number of hydrogen-bond donors (Lipinski definition) is 1. The van der Waals surface area contributed by atoms with Gasteiger partial charge in [0, 0.05) is 13.5 Å². The maximum atomic E-state index is 11.6. The third kappa shape index (κ3) is 2.25. The van der Waals surface area contributed by atoms with E-state index >= 15 is 0 Å². The molecule has 1 aliphatic carbocycles. The monoisotopic (exact) mass is 199 g/mol. The number of amides is 1. The van der Waals surface area contributed by atoms with Crippen molar-refractivity contribution < 1.29 is 14.7 Å². The summed E-state index contributed by atoms with van der Waals surface area (Å²) in [5, 5.41) is 8.92. The van der Waals surface area contributed by atoms with E-state index in [2.05, 4.69) is 0 Å². The minimum absolute atomic E-state index is 0.0695. The second kappa shape index (κ2) is 3.59. The molecule has 0 atom stereocenters. The van der Waals surface area contributed by atoms with Gasteiger partial charge in [0.05, 0.1) is 0 Å². The summed E-state index contributed by atoms with van der Waals surface area (Å²) < 4.78 is 0. The summed E-state index contributed by atoms with van der Waals surface area (Å²) in [4.78, 5) is 23.8. The molecule has 0 spiro atoms. The van der Waals surface area contributed by atoms with Gasteiger partial charge in [0.2, 0.25) is 5.91 Å². The van der Waals surface area contributed by atoms with Crippen LogP contribution in [0.25, 0.3) is 0 Å². The van der Waals surface area contributed by atoms with Gasteiger partial charge in [-0.1, -0.05) is 0 Å². The molecule has 0 saturated heterocycles. The van der Waals surface area contributed by atoms with Crippen molar-refractivity contribution >= 4 is 11.9 Å². The van der Waals surface area contributed by atoms with Crippen LogP contribution in [0.15, 0.2) is 0 Å². The smallest absolute Gasteiger partial charge is 0.329 e. The summed E-state index contributed by atoms with van der Waals surface area (Å²) in [5.74, 6) is -0.543. The Morgan fingerprint density at radius 3 is 2.29 bits per heavy atom. The molecule has 0 aliphatic heterocycles. The first-order valence-electron chi connectivity index (χ1n) is 4.85. The quantitative estimate of drug-likeness (QED) is 0.737. The molecule has 80 valence electrons. The number of carbonyl (C=O) groups excluding carboxylic acids is 1. The van der Waals surface area contributed by atoms with E-state index in [0.29, 0.717) is 12.3 Å². The topological polar surface area (TPSA) is 57.6 Å². The zero-order valence-corrected chi connectivity index (χ0v) is 8.91. The number of likely N-dealkylation sites (N-methyl/N-ethyl adjacent to an activating group) is 1. The normalized spacial score (nSPS) is 16.5. The molecule has 1 amide bonds. The Hall–Kier alpha value is -1.06. The summed E-state index contributed by atoms with van der Waals surface area (Å²) in [7, 11) is 1.55. The first-order chi connectivity index (χ1) is 6.35. The van der Waals surface area contributed by atoms with Gasteiger partial charge in [-0.25, -0.2) is 4.79 Å². The first kappa shape index (κ1) is 11.0. The fourth-order valence-corrected chi connectivity index (χ4v) is 1.16. The van der Waals surface area contributed by atoms with Gasteiger partial charge in [-0.2, -0.15) is 0 Å². The summed E-state index contributed by atoms with van der Waals surface area (Å²) in [6.45, 7) is 3.08. The lowest BCUT2D eigenvalue weighted by molar-refractivity contribution is -0.155. The Morgan fingerprint density at radius 1 is 1.43 bits per heavy atom. The SMILES string of the molecule is CN(C(=O)CC1CC1)C(C)(C)C(=O)O. The average Bonchev–Trinajstić information content (AvgIpc) is 2.86. The van der Waals surface area contributed by atoms with Crippen LogP contribution < -0.4 is 0 Å². The van der Waals surface area contributed by atoms with E-state index < -0.39 is 11.5 Å². The van der Waals surface area contributed by atoms with Gasteiger partial charge < -0.3 is 10.0 Å². The fraction of sp³-hybridized carbons (Fsp3) is 0.800. The average molecular weight is 199 g/mol. The highest BCUT2D eigenvalue weighted by atomic mass is 16.4. The summed E-state index contributed by atoms with van der Waals surface area (Å²) in [5.41, 5.74) is -1.11. The molecule has 1 aliphatic rings. The Balaban J connectivity index is 2.57. The molecular formula is C10H17NO3. The zero-order chi connectivity index (χ0) is 10.9. The summed E-state index contributed by atoms with van der Waals surface area (Å²) >= 11 is 0. The number of carbonyl (C=O) groups is 2. The molecule has 4 heteroatoms. The van der Waals surface area contributed by atoms with Crippen LogP contribution in [0.4, 0.5) is 0 Å². The molecule has 1 rings (SSSR count). The van der Waals surface area contributed by atoms with Crippen molar-refractivity contribution in [1.82, 2.24) is 4.90 Å². The van der Waals surface area contributed by atoms with Gasteiger partial charge in [-0.15, -0.1) is 0 Å². The van der Waals surface area contributed by atoms with Gasteiger partial charge >= 0.3 is 5.97 Å². The van der Waals surface area contributed by atoms with Crippen LogP contribution in [0.5, 0.6) is 0 Å². The number of hydrogen-bond acceptors (Lipinski definition) is 2. The van der Waals surface area contributed by atoms with Crippen LogP contribution in [-0.2, 0) is 9.59 Å². The standard InChI is InChI=1S/C10H17NO3/c1-10(2,9(13)14)11(3)8(12)6-7-4-5-7/h7H,4-6H2,1-3H3,(H,13,14). The maximum absolute atomic E-state index is 11.6. The molecule has 1 fully saturated rings. The predicted molar refractivity (Wildman–Crippen MR) is 51.8 cm³/mol. The van der Waals surface area contributed by atoms with E-state index in [1.165, 1.54) is 4.90 Å². The molecule has 14 heavy (non-hydrogen) atoms. The Bertz CT molecular complexity index is 256. The van der Waals surface area contributed by atoms with E-state index in [9.17, 15) is 9.59 Å². The Kier molecular flexibility index (Phi) is 2.83.